The van der Waals surface area contributed by atoms with Crippen LogP contribution in [0.5, 0.6) is 0 Å². The van der Waals surface area contributed by atoms with Crippen LogP contribution >= 0.6 is 0 Å². The molecule has 6 heteroatoms. The summed E-state index contributed by atoms with van der Waals surface area (Å²) >= 11 is 0. The Morgan fingerprint density at radius 1 is 1.15 bits per heavy atom. The Kier molecular flexibility index (Phi) is 5.34. The summed E-state index contributed by atoms with van der Waals surface area (Å²) in [5.74, 6) is -0.255. The normalized spacial score (nSPS) is 15.4. The highest BCUT2D eigenvalue weighted by atomic mass is 16.2. The Morgan fingerprint density at radius 3 is 2.55 bits per heavy atom. The fourth-order valence-corrected chi connectivity index (χ4v) is 2.28. The summed E-state index contributed by atoms with van der Waals surface area (Å²) in [5.41, 5.74) is 0.666. The van der Waals surface area contributed by atoms with E-state index in [1.807, 2.05) is 0 Å². The van der Waals surface area contributed by atoms with Gasteiger partial charge >= 0.3 is 6.03 Å². The van der Waals surface area contributed by atoms with Crippen molar-refractivity contribution in [1.29, 1.82) is 0 Å². The van der Waals surface area contributed by atoms with E-state index in [2.05, 4.69) is 20.9 Å². The Hall–Kier alpha value is -2.11. The van der Waals surface area contributed by atoms with E-state index in [-0.39, 0.29) is 24.5 Å². The number of rotatable bonds is 4. The predicted molar refractivity (Wildman–Crippen MR) is 76.3 cm³/mol. The monoisotopic (exact) mass is 276 g/mol. The standard InChI is InChI=1S/C14H20N4O2/c19-13(17-12-6-8-15-9-7-12)10-16-14(20)18-11-4-2-1-3-5-11/h6-9,11H,1-5,10H2,(H,15,17,19)(H2,16,18,20). The van der Waals surface area contributed by atoms with Gasteiger partial charge in [0.25, 0.3) is 0 Å². The van der Waals surface area contributed by atoms with Gasteiger partial charge in [0, 0.05) is 24.1 Å². The van der Waals surface area contributed by atoms with Gasteiger partial charge in [-0.15, -0.1) is 0 Å². The molecule has 1 aromatic rings. The molecule has 0 saturated heterocycles. The molecule has 1 aromatic heterocycles. The highest BCUT2D eigenvalue weighted by Gasteiger charge is 2.15. The molecule has 3 amide bonds. The van der Waals surface area contributed by atoms with E-state index in [1.165, 1.54) is 6.42 Å². The largest absolute Gasteiger partial charge is 0.335 e. The highest BCUT2D eigenvalue weighted by molar-refractivity contribution is 5.94. The first-order valence-electron chi connectivity index (χ1n) is 6.98. The quantitative estimate of drug-likeness (QED) is 0.782. The molecule has 0 atom stereocenters. The Labute approximate surface area is 118 Å². The van der Waals surface area contributed by atoms with Crippen LogP contribution in [0.2, 0.25) is 0 Å². The molecule has 6 nitrogen and oxygen atoms in total. The van der Waals surface area contributed by atoms with Gasteiger partial charge in [0.15, 0.2) is 0 Å². The summed E-state index contributed by atoms with van der Waals surface area (Å²) in [6.07, 6.45) is 8.81. The van der Waals surface area contributed by atoms with Gasteiger partial charge in [-0.25, -0.2) is 4.79 Å². The molecule has 1 aliphatic carbocycles. The van der Waals surface area contributed by atoms with Crippen molar-refractivity contribution in [1.82, 2.24) is 15.6 Å². The van der Waals surface area contributed by atoms with Crippen LogP contribution in [-0.4, -0.2) is 29.5 Å². The summed E-state index contributed by atoms with van der Waals surface area (Å²) in [6, 6.07) is 3.36. The van der Waals surface area contributed by atoms with Gasteiger partial charge in [-0.05, 0) is 25.0 Å². The second kappa shape index (κ2) is 7.47. The van der Waals surface area contributed by atoms with E-state index in [0.717, 1.165) is 25.7 Å². The number of amides is 3. The van der Waals surface area contributed by atoms with Crippen molar-refractivity contribution in [3.63, 3.8) is 0 Å². The second-order valence-corrected chi connectivity index (χ2v) is 4.95. The number of hydrogen-bond donors (Lipinski definition) is 3. The van der Waals surface area contributed by atoms with Crippen LogP contribution < -0.4 is 16.0 Å². The fourth-order valence-electron chi connectivity index (χ4n) is 2.28. The summed E-state index contributed by atoms with van der Waals surface area (Å²) in [5, 5.41) is 8.15. The molecule has 0 aromatic carbocycles. The maximum atomic E-state index is 11.7. The number of pyridine rings is 1. The summed E-state index contributed by atoms with van der Waals surface area (Å²) < 4.78 is 0. The van der Waals surface area contributed by atoms with E-state index in [0.29, 0.717) is 5.69 Å². The molecule has 0 unspecified atom stereocenters. The lowest BCUT2D eigenvalue weighted by molar-refractivity contribution is -0.115. The van der Waals surface area contributed by atoms with Crippen LogP contribution in [-0.2, 0) is 4.79 Å². The number of anilines is 1. The maximum absolute atomic E-state index is 11.7. The van der Waals surface area contributed by atoms with Gasteiger partial charge in [-0.2, -0.15) is 0 Å². The number of nitrogens with one attached hydrogen (secondary N) is 3. The molecule has 1 fully saturated rings. The SMILES string of the molecule is O=C(CNC(=O)NC1CCCCC1)Nc1ccncc1. The fraction of sp³-hybridized carbons (Fsp3) is 0.500. The zero-order valence-corrected chi connectivity index (χ0v) is 11.4. The van der Waals surface area contributed by atoms with Crippen LogP contribution in [0.4, 0.5) is 10.5 Å². The first kappa shape index (κ1) is 14.3. The van der Waals surface area contributed by atoms with E-state index < -0.39 is 0 Å². The van der Waals surface area contributed by atoms with E-state index in [4.69, 9.17) is 0 Å². The number of carbonyl (C=O) groups is 2. The van der Waals surface area contributed by atoms with E-state index >= 15 is 0 Å². The van der Waals surface area contributed by atoms with Crippen molar-refractivity contribution in [2.24, 2.45) is 0 Å². The van der Waals surface area contributed by atoms with Gasteiger partial charge in [0.1, 0.15) is 0 Å². The molecule has 0 aliphatic heterocycles. The van der Waals surface area contributed by atoms with Gasteiger partial charge in [0.2, 0.25) is 5.91 Å². The predicted octanol–water partition coefficient (Wildman–Crippen LogP) is 1.65. The third-order valence-electron chi connectivity index (χ3n) is 3.31. The summed E-state index contributed by atoms with van der Waals surface area (Å²) in [6.45, 7) is -0.0408. The molecule has 3 N–H and O–H groups in total. The van der Waals surface area contributed by atoms with Crippen molar-refractivity contribution in [3.05, 3.63) is 24.5 Å². The lowest BCUT2D eigenvalue weighted by Gasteiger charge is -2.22. The van der Waals surface area contributed by atoms with Gasteiger partial charge < -0.3 is 16.0 Å². The number of nitrogens with zero attached hydrogens (tertiary/aromatic N) is 1. The lowest BCUT2D eigenvalue weighted by Crippen LogP contribution is -2.45. The molecule has 0 spiro atoms. The first-order chi connectivity index (χ1) is 9.74. The summed E-state index contributed by atoms with van der Waals surface area (Å²) in [4.78, 5) is 27.2. The molecule has 0 radical (unpaired) electrons. The molecule has 1 aliphatic rings. The van der Waals surface area contributed by atoms with Gasteiger partial charge in [-0.3, -0.25) is 9.78 Å². The van der Waals surface area contributed by atoms with Crippen molar-refractivity contribution >= 4 is 17.6 Å². The molecular weight excluding hydrogens is 256 g/mol. The molecule has 2 rings (SSSR count). The number of carbonyl (C=O) groups excluding carboxylic acids is 2. The number of hydrogen-bond acceptors (Lipinski definition) is 3. The van der Waals surface area contributed by atoms with Crippen LogP contribution in [0.25, 0.3) is 0 Å². The third kappa shape index (κ3) is 4.87. The van der Waals surface area contributed by atoms with E-state index in [1.54, 1.807) is 24.5 Å². The van der Waals surface area contributed by atoms with Crippen LogP contribution in [0.15, 0.2) is 24.5 Å². The first-order valence-corrected chi connectivity index (χ1v) is 6.98. The third-order valence-corrected chi connectivity index (χ3v) is 3.31. The molecule has 20 heavy (non-hydrogen) atoms. The zero-order chi connectivity index (χ0) is 14.2. The maximum Gasteiger partial charge on any atom is 0.315 e. The van der Waals surface area contributed by atoms with Gasteiger partial charge in [0.05, 0.1) is 6.54 Å². The Morgan fingerprint density at radius 2 is 1.85 bits per heavy atom. The second-order valence-electron chi connectivity index (χ2n) is 4.95. The van der Waals surface area contributed by atoms with E-state index in [9.17, 15) is 9.59 Å². The molecule has 1 heterocycles. The summed E-state index contributed by atoms with van der Waals surface area (Å²) in [7, 11) is 0. The average Bonchev–Trinajstić information content (AvgIpc) is 2.47. The molecular formula is C14H20N4O2. The minimum atomic E-state index is -0.276. The van der Waals surface area contributed by atoms with Crippen LogP contribution in [0, 0.1) is 0 Å². The number of urea groups is 1. The molecule has 1 saturated carbocycles. The van der Waals surface area contributed by atoms with Crippen molar-refractivity contribution in [3.8, 4) is 0 Å². The number of aromatic nitrogens is 1. The topological polar surface area (TPSA) is 83.1 Å². The van der Waals surface area contributed by atoms with Crippen molar-refractivity contribution in [2.75, 3.05) is 11.9 Å². The minimum absolute atomic E-state index is 0.0408. The van der Waals surface area contributed by atoms with Crippen molar-refractivity contribution in [2.45, 2.75) is 38.1 Å². The highest BCUT2D eigenvalue weighted by Crippen LogP contribution is 2.17. The average molecular weight is 276 g/mol. The van der Waals surface area contributed by atoms with Crippen LogP contribution in [0.3, 0.4) is 0 Å². The van der Waals surface area contributed by atoms with Crippen molar-refractivity contribution < 1.29 is 9.59 Å². The molecule has 108 valence electrons. The smallest absolute Gasteiger partial charge is 0.315 e. The molecule has 0 bridgehead atoms. The van der Waals surface area contributed by atoms with Crippen LogP contribution in [0.1, 0.15) is 32.1 Å². The Bertz CT molecular complexity index is 444. The Balaban J connectivity index is 1.66. The zero-order valence-electron chi connectivity index (χ0n) is 11.4. The van der Waals surface area contributed by atoms with Gasteiger partial charge in [-0.1, -0.05) is 19.3 Å². The minimum Gasteiger partial charge on any atom is -0.335 e. The lowest BCUT2D eigenvalue weighted by atomic mass is 9.96.